The summed E-state index contributed by atoms with van der Waals surface area (Å²) >= 11 is 0. The van der Waals surface area contributed by atoms with Gasteiger partial charge in [-0.2, -0.15) is 0 Å². The van der Waals surface area contributed by atoms with Gasteiger partial charge in [-0.3, -0.25) is 0 Å². The third-order valence-corrected chi connectivity index (χ3v) is 14.0. The fraction of sp³-hybridized carbons (Fsp3) is 1.00. The van der Waals surface area contributed by atoms with Crippen molar-refractivity contribution in [3.63, 3.8) is 0 Å². The lowest BCUT2D eigenvalue weighted by molar-refractivity contribution is 0.206. The lowest BCUT2D eigenvalue weighted by Gasteiger charge is -2.40. The van der Waals surface area contributed by atoms with Crippen molar-refractivity contribution in [2.45, 2.75) is 63.7 Å². The first kappa shape index (κ1) is 20.3. The number of rotatable bonds is 12. The molecule has 0 N–H and O–H groups in total. The van der Waals surface area contributed by atoms with Crippen molar-refractivity contribution < 1.29 is 17.7 Å². The van der Waals surface area contributed by atoms with E-state index in [4.69, 9.17) is 17.7 Å². The molecule has 0 heterocycles. The standard InChI is InChI=1S/C14H34O4Si2/c1-8-9-10-11-12-13-14(19(6,15-2)16-3)20(7,17-4)18-5/h14H,8-13H2,1-7H3. The van der Waals surface area contributed by atoms with Crippen LogP contribution in [0.1, 0.15) is 45.4 Å². The van der Waals surface area contributed by atoms with Gasteiger partial charge in [0.15, 0.2) is 0 Å². The predicted molar refractivity (Wildman–Crippen MR) is 88.4 cm³/mol. The molecule has 4 nitrogen and oxygen atoms in total. The van der Waals surface area contributed by atoms with Gasteiger partial charge in [0.2, 0.25) is 0 Å². The minimum Gasteiger partial charge on any atom is -0.398 e. The van der Waals surface area contributed by atoms with Crippen LogP contribution in [0.4, 0.5) is 0 Å². The van der Waals surface area contributed by atoms with Crippen LogP contribution in [0.2, 0.25) is 18.3 Å². The summed E-state index contributed by atoms with van der Waals surface area (Å²) in [5.41, 5.74) is 0. The highest BCUT2D eigenvalue weighted by Gasteiger charge is 2.53. The van der Waals surface area contributed by atoms with E-state index in [1.165, 1.54) is 32.1 Å². The Morgan fingerprint density at radius 2 is 1.10 bits per heavy atom. The van der Waals surface area contributed by atoms with E-state index in [0.29, 0.717) is 0 Å². The van der Waals surface area contributed by atoms with Gasteiger partial charge in [-0.15, -0.1) is 0 Å². The van der Waals surface area contributed by atoms with Crippen LogP contribution in [0.3, 0.4) is 0 Å². The Labute approximate surface area is 127 Å². The Balaban J connectivity index is 4.80. The quantitative estimate of drug-likeness (QED) is 0.402. The van der Waals surface area contributed by atoms with Crippen LogP contribution in [-0.2, 0) is 17.7 Å². The second kappa shape index (κ2) is 10.1. The molecule has 0 aliphatic rings. The second-order valence-electron chi connectivity index (χ2n) is 5.60. The SMILES string of the molecule is CCCCCCCC([Si](C)(OC)OC)[Si](C)(OC)OC. The summed E-state index contributed by atoms with van der Waals surface area (Å²) in [5.74, 6) is 0. The van der Waals surface area contributed by atoms with Gasteiger partial charge in [-0.25, -0.2) is 0 Å². The fourth-order valence-electron chi connectivity index (χ4n) is 2.69. The highest BCUT2D eigenvalue weighted by molar-refractivity contribution is 6.87. The number of hydrogen-bond acceptors (Lipinski definition) is 4. The third-order valence-electron chi connectivity index (χ3n) is 4.48. The van der Waals surface area contributed by atoms with Gasteiger partial charge in [0.05, 0.1) is 0 Å². The van der Waals surface area contributed by atoms with Crippen LogP contribution in [0, 0.1) is 0 Å². The van der Waals surface area contributed by atoms with E-state index in [1.807, 2.05) is 0 Å². The zero-order chi connectivity index (χ0) is 15.6. The zero-order valence-corrected chi connectivity index (χ0v) is 16.5. The Morgan fingerprint density at radius 1 is 0.700 bits per heavy atom. The van der Waals surface area contributed by atoms with E-state index < -0.39 is 17.1 Å². The van der Waals surface area contributed by atoms with Gasteiger partial charge in [-0.1, -0.05) is 39.0 Å². The fourth-order valence-corrected chi connectivity index (χ4v) is 10.8. The van der Waals surface area contributed by atoms with Crippen LogP contribution >= 0.6 is 0 Å². The van der Waals surface area contributed by atoms with Crippen molar-refractivity contribution >= 4 is 17.1 Å². The first-order chi connectivity index (χ1) is 9.44. The Hall–Kier alpha value is 0.274. The average Bonchev–Trinajstić information content (AvgIpc) is 2.49. The molecule has 0 amide bonds. The van der Waals surface area contributed by atoms with Crippen molar-refractivity contribution in [2.24, 2.45) is 0 Å². The normalized spacial score (nSPS) is 13.2. The van der Waals surface area contributed by atoms with Crippen molar-refractivity contribution in [3.05, 3.63) is 0 Å². The lowest BCUT2D eigenvalue weighted by Crippen LogP contribution is -2.56. The van der Waals surface area contributed by atoms with Gasteiger partial charge < -0.3 is 17.7 Å². The smallest absolute Gasteiger partial charge is 0.339 e. The van der Waals surface area contributed by atoms with Crippen molar-refractivity contribution in [1.29, 1.82) is 0 Å². The monoisotopic (exact) mass is 322 g/mol. The number of unbranched alkanes of at least 4 members (excludes halogenated alkanes) is 4. The van der Waals surface area contributed by atoms with E-state index in [-0.39, 0.29) is 5.16 Å². The topological polar surface area (TPSA) is 36.9 Å². The van der Waals surface area contributed by atoms with Gasteiger partial charge in [-0.05, 0) is 19.5 Å². The third kappa shape index (κ3) is 5.57. The van der Waals surface area contributed by atoms with Crippen LogP contribution in [0.5, 0.6) is 0 Å². The van der Waals surface area contributed by atoms with E-state index in [2.05, 4.69) is 20.0 Å². The zero-order valence-electron chi connectivity index (χ0n) is 14.5. The Bertz CT molecular complexity index is 225. The molecule has 0 atom stereocenters. The highest BCUT2D eigenvalue weighted by atomic mass is 28.4. The maximum atomic E-state index is 5.77. The van der Waals surface area contributed by atoms with Crippen molar-refractivity contribution in [3.8, 4) is 0 Å². The highest BCUT2D eigenvalue weighted by Crippen LogP contribution is 2.38. The summed E-state index contributed by atoms with van der Waals surface area (Å²) in [5, 5.41) is 0.279. The van der Waals surface area contributed by atoms with Gasteiger partial charge in [0.25, 0.3) is 0 Å². The minimum atomic E-state index is -2.26. The molecule has 0 rings (SSSR count). The molecule has 6 heteroatoms. The lowest BCUT2D eigenvalue weighted by atomic mass is 10.1. The molecule has 0 fully saturated rings. The van der Waals surface area contributed by atoms with E-state index in [1.54, 1.807) is 28.4 Å². The molecule has 0 aliphatic carbocycles. The number of hydrogen-bond donors (Lipinski definition) is 0. The maximum absolute atomic E-state index is 5.77. The summed E-state index contributed by atoms with van der Waals surface area (Å²) < 4.78 is 23.1. The summed E-state index contributed by atoms with van der Waals surface area (Å²) in [6, 6.07) is 0. The molecule has 0 saturated heterocycles. The molecule has 0 aromatic carbocycles. The summed E-state index contributed by atoms with van der Waals surface area (Å²) in [6.07, 6.45) is 7.42. The molecular formula is C14H34O4Si2. The molecular weight excluding hydrogens is 288 g/mol. The molecule has 0 unspecified atom stereocenters. The molecule has 122 valence electrons. The van der Waals surface area contributed by atoms with Crippen molar-refractivity contribution in [2.75, 3.05) is 28.4 Å². The van der Waals surface area contributed by atoms with Crippen molar-refractivity contribution in [1.82, 2.24) is 0 Å². The first-order valence-corrected chi connectivity index (χ1v) is 12.4. The molecule has 0 aromatic heterocycles. The summed E-state index contributed by atoms with van der Waals surface area (Å²) in [4.78, 5) is 0. The van der Waals surface area contributed by atoms with Gasteiger partial charge in [0, 0.05) is 33.6 Å². The van der Waals surface area contributed by atoms with Gasteiger partial charge >= 0.3 is 17.1 Å². The van der Waals surface area contributed by atoms with Crippen LogP contribution in [0.25, 0.3) is 0 Å². The van der Waals surface area contributed by atoms with Crippen LogP contribution < -0.4 is 0 Å². The van der Waals surface area contributed by atoms with Crippen LogP contribution in [0.15, 0.2) is 0 Å². The molecule has 0 radical (unpaired) electrons. The molecule has 20 heavy (non-hydrogen) atoms. The molecule has 0 bridgehead atoms. The molecule has 0 saturated carbocycles. The van der Waals surface area contributed by atoms with Crippen LogP contribution in [-0.4, -0.2) is 45.6 Å². The van der Waals surface area contributed by atoms with E-state index in [0.717, 1.165) is 6.42 Å². The largest absolute Gasteiger partial charge is 0.398 e. The summed E-state index contributed by atoms with van der Waals surface area (Å²) in [7, 11) is 2.48. The maximum Gasteiger partial charge on any atom is 0.339 e. The molecule has 0 aromatic rings. The summed E-state index contributed by atoms with van der Waals surface area (Å²) in [6.45, 7) is 6.47. The minimum absolute atomic E-state index is 0.279. The van der Waals surface area contributed by atoms with Gasteiger partial charge in [0.1, 0.15) is 0 Å². The Morgan fingerprint density at radius 3 is 1.45 bits per heavy atom. The first-order valence-electron chi connectivity index (χ1n) is 7.64. The van der Waals surface area contributed by atoms with E-state index >= 15 is 0 Å². The van der Waals surface area contributed by atoms with E-state index in [9.17, 15) is 0 Å². The second-order valence-corrected chi connectivity index (χ2v) is 13.3. The molecule has 0 aliphatic heterocycles. The average molecular weight is 323 g/mol. The predicted octanol–water partition coefficient (Wildman–Crippen LogP) is 3.99. The Kier molecular flexibility index (Phi) is 10.2. The molecule has 0 spiro atoms.